The first kappa shape index (κ1) is 17.5. The minimum atomic E-state index is -3.58. The fraction of sp³-hybridized carbons (Fsp3) is 0.500. The van der Waals surface area contributed by atoms with Gasteiger partial charge in [0.1, 0.15) is 4.90 Å². The predicted octanol–water partition coefficient (Wildman–Crippen LogP) is 1.85. The summed E-state index contributed by atoms with van der Waals surface area (Å²) in [6.45, 7) is 3.57. The van der Waals surface area contributed by atoms with Crippen LogP contribution in [0.15, 0.2) is 29.2 Å². The van der Waals surface area contributed by atoms with Crippen molar-refractivity contribution >= 4 is 21.7 Å². The maximum atomic E-state index is 12.3. The van der Waals surface area contributed by atoms with E-state index in [2.05, 4.69) is 5.32 Å². The van der Waals surface area contributed by atoms with Crippen molar-refractivity contribution in [1.82, 2.24) is 4.31 Å². The summed E-state index contributed by atoms with van der Waals surface area (Å²) >= 11 is 0. The van der Waals surface area contributed by atoms with E-state index in [0.29, 0.717) is 12.1 Å². The van der Waals surface area contributed by atoms with Gasteiger partial charge in [-0.3, -0.25) is 4.79 Å². The van der Waals surface area contributed by atoms with Gasteiger partial charge in [0.2, 0.25) is 10.0 Å². The number of carboxylic acid groups (broad SMARTS) is 1. The van der Waals surface area contributed by atoms with Crippen molar-refractivity contribution in [2.24, 2.45) is 5.41 Å². The number of para-hydroxylation sites is 1. The second-order valence-electron chi connectivity index (χ2n) is 5.36. The number of nitrogens with zero attached hydrogens (tertiary/aromatic N) is 1. The molecular formula is C14H22N2O4S. The molecule has 0 fully saturated rings. The third-order valence-corrected chi connectivity index (χ3v) is 5.48. The number of rotatable bonds is 7. The van der Waals surface area contributed by atoms with Crippen LogP contribution in [0.5, 0.6) is 0 Å². The van der Waals surface area contributed by atoms with E-state index in [1.807, 2.05) is 0 Å². The molecule has 1 atom stereocenters. The molecule has 6 nitrogen and oxygen atoms in total. The van der Waals surface area contributed by atoms with Crippen molar-refractivity contribution < 1.29 is 18.3 Å². The Labute approximate surface area is 125 Å². The summed E-state index contributed by atoms with van der Waals surface area (Å²) in [5, 5.41) is 12.2. The van der Waals surface area contributed by atoms with Crippen LogP contribution >= 0.6 is 0 Å². The van der Waals surface area contributed by atoms with Crippen molar-refractivity contribution in [3.8, 4) is 0 Å². The molecule has 0 aliphatic heterocycles. The Morgan fingerprint density at radius 2 is 1.90 bits per heavy atom. The Balaban J connectivity index is 3.10. The number of benzene rings is 1. The van der Waals surface area contributed by atoms with E-state index in [1.165, 1.54) is 20.2 Å². The van der Waals surface area contributed by atoms with Crippen LogP contribution in [-0.2, 0) is 14.8 Å². The zero-order valence-electron chi connectivity index (χ0n) is 12.8. The highest BCUT2D eigenvalue weighted by molar-refractivity contribution is 7.89. The third-order valence-electron chi connectivity index (χ3n) is 3.61. The van der Waals surface area contributed by atoms with Gasteiger partial charge in [0.25, 0.3) is 0 Å². The van der Waals surface area contributed by atoms with Gasteiger partial charge < -0.3 is 10.4 Å². The Morgan fingerprint density at radius 1 is 1.33 bits per heavy atom. The van der Waals surface area contributed by atoms with Gasteiger partial charge >= 0.3 is 5.97 Å². The first-order valence-electron chi connectivity index (χ1n) is 6.64. The normalized spacial score (nSPS) is 14.7. The maximum Gasteiger partial charge on any atom is 0.311 e. The molecule has 0 amide bonds. The first-order valence-corrected chi connectivity index (χ1v) is 8.08. The van der Waals surface area contributed by atoms with Crippen LogP contribution in [-0.4, -0.2) is 44.4 Å². The second kappa shape index (κ2) is 6.44. The lowest BCUT2D eigenvalue weighted by molar-refractivity contribution is -0.147. The standard InChI is InChI=1S/C14H22N2O4S/c1-5-14(2,13(17)18)10-15-11-8-6-7-9-12(11)21(19,20)16(3)4/h6-9,15H,5,10H2,1-4H3,(H,17,18). The molecule has 0 saturated heterocycles. The molecular weight excluding hydrogens is 292 g/mol. The van der Waals surface area contributed by atoms with Crippen molar-refractivity contribution in [1.29, 1.82) is 0 Å². The van der Waals surface area contributed by atoms with E-state index in [9.17, 15) is 18.3 Å². The Hall–Kier alpha value is -1.60. The molecule has 0 heterocycles. The summed E-state index contributed by atoms with van der Waals surface area (Å²) in [6.07, 6.45) is 0.442. The smallest absolute Gasteiger partial charge is 0.311 e. The fourth-order valence-corrected chi connectivity index (χ4v) is 2.74. The van der Waals surface area contributed by atoms with Gasteiger partial charge in [-0.2, -0.15) is 0 Å². The van der Waals surface area contributed by atoms with Crippen LogP contribution in [0.3, 0.4) is 0 Å². The van der Waals surface area contributed by atoms with Crippen molar-refractivity contribution in [3.05, 3.63) is 24.3 Å². The summed E-state index contributed by atoms with van der Waals surface area (Å²) in [6, 6.07) is 6.48. The summed E-state index contributed by atoms with van der Waals surface area (Å²) in [5.74, 6) is -0.912. The summed E-state index contributed by atoms with van der Waals surface area (Å²) in [7, 11) is -0.663. The minimum Gasteiger partial charge on any atom is -0.481 e. The van der Waals surface area contributed by atoms with Crippen LogP contribution in [0.25, 0.3) is 0 Å². The van der Waals surface area contributed by atoms with Crippen LogP contribution in [0.2, 0.25) is 0 Å². The number of sulfonamides is 1. The monoisotopic (exact) mass is 314 g/mol. The molecule has 0 aliphatic rings. The number of hydrogen-bond acceptors (Lipinski definition) is 4. The highest BCUT2D eigenvalue weighted by Crippen LogP contribution is 2.26. The van der Waals surface area contributed by atoms with E-state index in [4.69, 9.17) is 0 Å². The highest BCUT2D eigenvalue weighted by Gasteiger charge is 2.31. The first-order chi connectivity index (χ1) is 9.65. The lowest BCUT2D eigenvalue weighted by atomic mass is 9.87. The Morgan fingerprint density at radius 3 is 2.38 bits per heavy atom. The highest BCUT2D eigenvalue weighted by atomic mass is 32.2. The molecule has 0 radical (unpaired) electrons. The molecule has 0 spiro atoms. The average molecular weight is 314 g/mol. The van der Waals surface area contributed by atoms with Crippen LogP contribution in [0, 0.1) is 5.41 Å². The molecule has 1 unspecified atom stereocenters. The molecule has 0 bridgehead atoms. The SMILES string of the molecule is CCC(C)(CNc1ccccc1S(=O)(=O)N(C)C)C(=O)O. The number of aliphatic carboxylic acids is 1. The molecule has 21 heavy (non-hydrogen) atoms. The molecule has 7 heteroatoms. The lowest BCUT2D eigenvalue weighted by Gasteiger charge is -2.25. The van der Waals surface area contributed by atoms with Gasteiger partial charge in [-0.05, 0) is 25.5 Å². The molecule has 0 aromatic heterocycles. The molecule has 1 aromatic carbocycles. The van der Waals surface area contributed by atoms with E-state index in [0.717, 1.165) is 4.31 Å². The Bertz CT molecular complexity index is 613. The summed E-state index contributed by atoms with van der Waals surface area (Å²) < 4.78 is 25.6. The van der Waals surface area contributed by atoms with Gasteiger partial charge in [0.05, 0.1) is 11.1 Å². The molecule has 0 aliphatic carbocycles. The van der Waals surface area contributed by atoms with Crippen molar-refractivity contribution in [3.63, 3.8) is 0 Å². The quantitative estimate of drug-likeness (QED) is 0.802. The number of carbonyl (C=O) groups is 1. The van der Waals surface area contributed by atoms with E-state index in [1.54, 1.807) is 32.0 Å². The van der Waals surface area contributed by atoms with Crippen LogP contribution < -0.4 is 5.32 Å². The molecule has 2 N–H and O–H groups in total. The van der Waals surface area contributed by atoms with Gasteiger partial charge in [0, 0.05) is 20.6 Å². The van der Waals surface area contributed by atoms with Crippen molar-refractivity contribution in [2.75, 3.05) is 26.0 Å². The summed E-state index contributed by atoms with van der Waals surface area (Å²) in [5.41, 5.74) is -0.540. The molecule has 0 saturated carbocycles. The Kier molecular flexibility index (Phi) is 5.36. The zero-order chi connectivity index (χ0) is 16.3. The van der Waals surface area contributed by atoms with E-state index in [-0.39, 0.29) is 11.4 Å². The topological polar surface area (TPSA) is 86.7 Å². The van der Waals surface area contributed by atoms with Gasteiger partial charge in [-0.15, -0.1) is 0 Å². The van der Waals surface area contributed by atoms with Crippen molar-refractivity contribution in [2.45, 2.75) is 25.2 Å². The number of hydrogen-bond donors (Lipinski definition) is 2. The van der Waals surface area contributed by atoms with Crippen LogP contribution in [0.1, 0.15) is 20.3 Å². The van der Waals surface area contributed by atoms with E-state index >= 15 is 0 Å². The van der Waals surface area contributed by atoms with Gasteiger partial charge in [-0.25, -0.2) is 12.7 Å². The van der Waals surface area contributed by atoms with Crippen LogP contribution in [0.4, 0.5) is 5.69 Å². The predicted molar refractivity (Wildman–Crippen MR) is 81.8 cm³/mol. The molecule has 1 rings (SSSR count). The molecule has 1 aromatic rings. The number of nitrogens with one attached hydrogen (secondary N) is 1. The largest absolute Gasteiger partial charge is 0.481 e. The minimum absolute atomic E-state index is 0.138. The third kappa shape index (κ3) is 3.74. The second-order valence-corrected chi connectivity index (χ2v) is 7.48. The van der Waals surface area contributed by atoms with Gasteiger partial charge in [-0.1, -0.05) is 19.1 Å². The number of carboxylic acids is 1. The fourth-order valence-electron chi connectivity index (χ4n) is 1.68. The van der Waals surface area contributed by atoms with E-state index < -0.39 is 21.4 Å². The van der Waals surface area contributed by atoms with Gasteiger partial charge in [0.15, 0.2) is 0 Å². The zero-order valence-corrected chi connectivity index (χ0v) is 13.6. The lowest BCUT2D eigenvalue weighted by Crippen LogP contribution is -2.34. The summed E-state index contributed by atoms with van der Waals surface area (Å²) in [4.78, 5) is 11.4. The maximum absolute atomic E-state index is 12.3. The molecule has 118 valence electrons. The number of anilines is 1. The average Bonchev–Trinajstić information content (AvgIpc) is 2.44.